The van der Waals surface area contributed by atoms with Gasteiger partial charge in [-0.3, -0.25) is 9.59 Å². The fourth-order valence-electron chi connectivity index (χ4n) is 3.38. The average Bonchev–Trinajstić information content (AvgIpc) is 2.77. The van der Waals surface area contributed by atoms with Crippen LogP contribution in [-0.4, -0.2) is 35.9 Å². The topological polar surface area (TPSA) is 58.6 Å². The van der Waals surface area contributed by atoms with E-state index in [-0.39, 0.29) is 36.7 Å². The maximum Gasteiger partial charge on any atom is 0.261 e. The van der Waals surface area contributed by atoms with Gasteiger partial charge in [0.05, 0.1) is 0 Å². The Hall–Kier alpha value is -2.89. The first-order chi connectivity index (χ1) is 14.9. The predicted molar refractivity (Wildman–Crippen MR) is 120 cm³/mol. The summed E-state index contributed by atoms with van der Waals surface area (Å²) in [4.78, 5) is 27.5. The zero-order chi connectivity index (χ0) is 22.8. The molecular weight excluding hydrogens is 395 g/mol. The number of para-hydroxylation sites is 1. The van der Waals surface area contributed by atoms with Crippen LogP contribution in [0, 0.1) is 5.82 Å². The second-order valence-electron chi connectivity index (χ2n) is 7.84. The standard InChI is InChI=1S/C25H33FN2O3/c1-5-15-27-25(30)22(6-2)28(16-19-11-13-20(26)14-12-19)24(29)17-31-23-10-8-7-9-21(23)18(3)4/h7-14,18,22H,5-6,15-17H2,1-4H3,(H,27,30)/t22-/m0/s1. The van der Waals surface area contributed by atoms with Crippen molar-refractivity contribution in [3.8, 4) is 5.75 Å². The summed E-state index contributed by atoms with van der Waals surface area (Å²) in [5.74, 6) is 0.0904. The van der Waals surface area contributed by atoms with Crippen LogP contribution < -0.4 is 10.1 Å². The van der Waals surface area contributed by atoms with Gasteiger partial charge in [-0.25, -0.2) is 4.39 Å². The molecule has 0 saturated heterocycles. The zero-order valence-electron chi connectivity index (χ0n) is 18.9. The van der Waals surface area contributed by atoms with Crippen LogP contribution in [0.15, 0.2) is 48.5 Å². The fourth-order valence-corrected chi connectivity index (χ4v) is 3.38. The highest BCUT2D eigenvalue weighted by atomic mass is 19.1. The molecule has 2 amide bonds. The molecule has 31 heavy (non-hydrogen) atoms. The lowest BCUT2D eigenvalue weighted by Gasteiger charge is -2.30. The van der Waals surface area contributed by atoms with E-state index in [1.807, 2.05) is 38.1 Å². The minimum Gasteiger partial charge on any atom is -0.483 e. The molecule has 0 aliphatic heterocycles. The number of carbonyl (C=O) groups is 2. The lowest BCUT2D eigenvalue weighted by Crippen LogP contribution is -2.50. The van der Waals surface area contributed by atoms with Crippen LogP contribution in [-0.2, 0) is 16.1 Å². The summed E-state index contributed by atoms with van der Waals surface area (Å²) in [6.07, 6.45) is 1.27. The molecule has 2 rings (SSSR count). The lowest BCUT2D eigenvalue weighted by atomic mass is 10.0. The quantitative estimate of drug-likeness (QED) is 0.566. The smallest absolute Gasteiger partial charge is 0.261 e. The second-order valence-corrected chi connectivity index (χ2v) is 7.84. The van der Waals surface area contributed by atoms with E-state index in [1.54, 1.807) is 12.1 Å². The summed E-state index contributed by atoms with van der Waals surface area (Å²) >= 11 is 0. The summed E-state index contributed by atoms with van der Waals surface area (Å²) in [5.41, 5.74) is 1.77. The van der Waals surface area contributed by atoms with E-state index in [0.29, 0.717) is 18.7 Å². The number of hydrogen-bond donors (Lipinski definition) is 1. The van der Waals surface area contributed by atoms with E-state index in [0.717, 1.165) is 17.5 Å². The summed E-state index contributed by atoms with van der Waals surface area (Å²) in [6, 6.07) is 13.0. The molecule has 0 bridgehead atoms. The Kier molecular flexibility index (Phi) is 9.50. The molecule has 0 radical (unpaired) electrons. The van der Waals surface area contributed by atoms with E-state index in [2.05, 4.69) is 19.2 Å². The van der Waals surface area contributed by atoms with Crippen molar-refractivity contribution in [3.05, 3.63) is 65.5 Å². The third kappa shape index (κ3) is 7.09. The Morgan fingerprint density at radius 2 is 1.74 bits per heavy atom. The summed E-state index contributed by atoms with van der Waals surface area (Å²) in [7, 11) is 0. The maximum atomic E-state index is 13.3. The molecule has 0 aliphatic rings. The van der Waals surface area contributed by atoms with Crippen molar-refractivity contribution in [2.24, 2.45) is 0 Å². The molecular formula is C25H33FN2O3. The summed E-state index contributed by atoms with van der Waals surface area (Å²) < 4.78 is 19.2. The van der Waals surface area contributed by atoms with Crippen molar-refractivity contribution in [1.29, 1.82) is 0 Å². The van der Waals surface area contributed by atoms with Gasteiger partial charge in [0.2, 0.25) is 5.91 Å². The Morgan fingerprint density at radius 3 is 2.35 bits per heavy atom. The van der Waals surface area contributed by atoms with Gasteiger partial charge in [-0.15, -0.1) is 0 Å². The Balaban J connectivity index is 2.22. The van der Waals surface area contributed by atoms with E-state index in [1.165, 1.54) is 17.0 Å². The Bertz CT molecular complexity index is 852. The fraction of sp³-hybridized carbons (Fsp3) is 0.440. The molecule has 0 aromatic heterocycles. The van der Waals surface area contributed by atoms with Gasteiger partial charge < -0.3 is 15.0 Å². The van der Waals surface area contributed by atoms with Gasteiger partial charge in [0.1, 0.15) is 17.6 Å². The number of benzene rings is 2. The van der Waals surface area contributed by atoms with E-state index in [4.69, 9.17) is 4.74 Å². The number of ether oxygens (including phenoxy) is 1. The third-order valence-electron chi connectivity index (χ3n) is 5.09. The van der Waals surface area contributed by atoms with Crippen LogP contribution >= 0.6 is 0 Å². The first-order valence-corrected chi connectivity index (χ1v) is 10.9. The SMILES string of the molecule is CCCNC(=O)[C@H](CC)N(Cc1ccc(F)cc1)C(=O)COc1ccccc1C(C)C. The summed E-state index contributed by atoms with van der Waals surface area (Å²) in [5, 5.41) is 2.88. The first-order valence-electron chi connectivity index (χ1n) is 10.9. The molecule has 168 valence electrons. The number of carbonyl (C=O) groups excluding carboxylic acids is 2. The molecule has 2 aromatic rings. The normalized spacial score (nSPS) is 11.8. The lowest BCUT2D eigenvalue weighted by molar-refractivity contribution is -0.143. The molecule has 1 N–H and O–H groups in total. The highest BCUT2D eigenvalue weighted by Crippen LogP contribution is 2.26. The minimum atomic E-state index is -0.631. The van der Waals surface area contributed by atoms with Crippen molar-refractivity contribution in [1.82, 2.24) is 10.2 Å². The van der Waals surface area contributed by atoms with Gasteiger partial charge in [-0.2, -0.15) is 0 Å². The summed E-state index contributed by atoms with van der Waals surface area (Å²) in [6.45, 7) is 8.55. The molecule has 0 heterocycles. The van der Waals surface area contributed by atoms with E-state index in [9.17, 15) is 14.0 Å². The minimum absolute atomic E-state index is 0.178. The molecule has 6 heteroatoms. The molecule has 1 atom stereocenters. The number of hydrogen-bond acceptors (Lipinski definition) is 3. The van der Waals surface area contributed by atoms with Crippen LogP contribution in [0.5, 0.6) is 5.75 Å². The van der Waals surface area contributed by atoms with Gasteiger partial charge in [-0.05, 0) is 48.1 Å². The molecule has 0 aliphatic carbocycles. The van der Waals surface area contributed by atoms with Crippen molar-refractivity contribution in [3.63, 3.8) is 0 Å². The van der Waals surface area contributed by atoms with Crippen LogP contribution in [0.1, 0.15) is 57.6 Å². The van der Waals surface area contributed by atoms with Crippen molar-refractivity contribution < 1.29 is 18.7 Å². The van der Waals surface area contributed by atoms with Gasteiger partial charge in [0, 0.05) is 13.1 Å². The van der Waals surface area contributed by atoms with Crippen LogP contribution in [0.2, 0.25) is 0 Å². The number of nitrogens with zero attached hydrogens (tertiary/aromatic N) is 1. The average molecular weight is 429 g/mol. The zero-order valence-corrected chi connectivity index (χ0v) is 18.9. The molecule has 0 fully saturated rings. The van der Waals surface area contributed by atoms with Gasteiger partial charge in [0.25, 0.3) is 5.91 Å². The monoisotopic (exact) mass is 428 g/mol. The van der Waals surface area contributed by atoms with Crippen molar-refractivity contribution in [2.75, 3.05) is 13.2 Å². The first kappa shape index (κ1) is 24.4. The molecule has 5 nitrogen and oxygen atoms in total. The molecule has 0 spiro atoms. The predicted octanol–water partition coefficient (Wildman–Crippen LogP) is 4.66. The van der Waals surface area contributed by atoms with Gasteiger partial charge >= 0.3 is 0 Å². The Morgan fingerprint density at radius 1 is 1.06 bits per heavy atom. The van der Waals surface area contributed by atoms with Crippen LogP contribution in [0.3, 0.4) is 0 Å². The van der Waals surface area contributed by atoms with Crippen molar-refractivity contribution in [2.45, 2.75) is 59.0 Å². The van der Waals surface area contributed by atoms with Crippen molar-refractivity contribution >= 4 is 11.8 Å². The third-order valence-corrected chi connectivity index (χ3v) is 5.09. The van der Waals surface area contributed by atoms with Gasteiger partial charge in [0.15, 0.2) is 6.61 Å². The van der Waals surface area contributed by atoms with Gasteiger partial charge in [-0.1, -0.05) is 58.0 Å². The van der Waals surface area contributed by atoms with E-state index >= 15 is 0 Å². The van der Waals surface area contributed by atoms with E-state index < -0.39 is 6.04 Å². The number of rotatable bonds is 11. The highest BCUT2D eigenvalue weighted by Gasteiger charge is 2.29. The second kappa shape index (κ2) is 12.1. The van der Waals surface area contributed by atoms with Crippen LogP contribution in [0.4, 0.5) is 4.39 Å². The number of halogens is 1. The molecule has 0 unspecified atom stereocenters. The Labute approximate surface area is 184 Å². The maximum absolute atomic E-state index is 13.3. The molecule has 2 aromatic carbocycles. The number of nitrogens with one attached hydrogen (secondary N) is 1. The number of amides is 2. The molecule has 0 saturated carbocycles. The highest BCUT2D eigenvalue weighted by molar-refractivity contribution is 5.88. The largest absolute Gasteiger partial charge is 0.483 e. The van der Waals surface area contributed by atoms with Crippen LogP contribution in [0.25, 0.3) is 0 Å².